The summed E-state index contributed by atoms with van der Waals surface area (Å²) in [6.07, 6.45) is 1.17. The summed E-state index contributed by atoms with van der Waals surface area (Å²) in [5.74, 6) is 0.269. The zero-order valence-electron chi connectivity index (χ0n) is 20.4. The van der Waals surface area contributed by atoms with Crippen LogP contribution in [0.5, 0.6) is 5.75 Å². The Hall–Kier alpha value is -3.76. The molecule has 1 aromatic carbocycles. The van der Waals surface area contributed by atoms with E-state index in [-0.39, 0.29) is 35.5 Å². The molecule has 0 aliphatic carbocycles. The van der Waals surface area contributed by atoms with Crippen molar-refractivity contribution in [3.8, 4) is 17.3 Å². The third-order valence-corrected chi connectivity index (χ3v) is 5.60. The molecule has 11 heteroatoms. The molecule has 0 saturated carbocycles. The highest BCUT2D eigenvalue weighted by atomic mass is 19.1. The van der Waals surface area contributed by atoms with Gasteiger partial charge < -0.3 is 13.9 Å². The molecule has 2 aromatic heterocycles. The minimum atomic E-state index is -0.653. The highest BCUT2D eigenvalue weighted by Gasteiger charge is 2.37. The maximum atomic E-state index is 13.2. The van der Waals surface area contributed by atoms with Gasteiger partial charge in [0.05, 0.1) is 19.6 Å². The first kappa shape index (κ1) is 24.4. The Labute approximate surface area is 201 Å². The first-order valence-corrected chi connectivity index (χ1v) is 11.3. The van der Waals surface area contributed by atoms with Crippen LogP contribution in [-0.4, -0.2) is 50.0 Å². The number of carbonyl (C=O) groups is 1. The quantitative estimate of drug-likeness (QED) is 0.538. The van der Waals surface area contributed by atoms with Crippen molar-refractivity contribution in [3.63, 3.8) is 0 Å². The van der Waals surface area contributed by atoms with E-state index in [1.54, 1.807) is 44.9 Å². The molecule has 1 aliphatic heterocycles. The van der Waals surface area contributed by atoms with Crippen molar-refractivity contribution >= 4 is 6.09 Å². The van der Waals surface area contributed by atoms with Crippen molar-refractivity contribution in [2.24, 2.45) is 7.05 Å². The molecule has 1 aliphatic rings. The Bertz CT molecular complexity index is 1280. The lowest BCUT2D eigenvalue weighted by atomic mass is 10.1. The Morgan fingerprint density at radius 2 is 1.94 bits per heavy atom. The lowest BCUT2D eigenvalue weighted by Gasteiger charge is -2.29. The van der Waals surface area contributed by atoms with Crippen LogP contribution in [0.25, 0.3) is 11.6 Å². The molecule has 1 fully saturated rings. The van der Waals surface area contributed by atoms with E-state index in [0.29, 0.717) is 18.8 Å². The molecule has 0 N–H and O–H groups in total. The SMILES string of the molecule is COc1c(-c2nnc(Cc3ccc(F)cc3)o2)nc([C@@H]2CCCN2C(=O)OC(C)(C)C)n(C)c1=O. The van der Waals surface area contributed by atoms with Gasteiger partial charge >= 0.3 is 6.09 Å². The summed E-state index contributed by atoms with van der Waals surface area (Å²) in [6.45, 7) is 5.89. The fourth-order valence-corrected chi connectivity index (χ4v) is 4.00. The average molecular weight is 486 g/mol. The Morgan fingerprint density at radius 1 is 1.23 bits per heavy atom. The molecular weight excluding hydrogens is 457 g/mol. The second kappa shape index (κ2) is 9.47. The molecule has 186 valence electrons. The maximum absolute atomic E-state index is 13.2. The van der Waals surface area contributed by atoms with E-state index >= 15 is 0 Å². The van der Waals surface area contributed by atoms with Gasteiger partial charge in [-0.05, 0) is 51.3 Å². The van der Waals surface area contributed by atoms with E-state index in [0.717, 1.165) is 12.0 Å². The number of ether oxygens (including phenoxy) is 2. The summed E-state index contributed by atoms with van der Waals surface area (Å²) in [4.78, 5) is 32.2. The fraction of sp³-hybridized carbons (Fsp3) is 0.458. The number of amides is 1. The number of aromatic nitrogens is 4. The number of halogens is 1. The van der Waals surface area contributed by atoms with E-state index in [1.165, 1.54) is 23.8 Å². The van der Waals surface area contributed by atoms with Crippen molar-refractivity contribution < 1.29 is 23.1 Å². The molecule has 0 radical (unpaired) electrons. The molecule has 0 unspecified atom stereocenters. The van der Waals surface area contributed by atoms with Gasteiger partial charge in [-0.2, -0.15) is 0 Å². The molecule has 1 atom stereocenters. The third kappa shape index (κ3) is 5.18. The van der Waals surface area contributed by atoms with E-state index < -0.39 is 23.3 Å². The zero-order chi connectivity index (χ0) is 25.3. The van der Waals surface area contributed by atoms with Crippen molar-refractivity contribution in [2.45, 2.75) is 51.7 Å². The van der Waals surface area contributed by atoms with Crippen LogP contribution < -0.4 is 10.3 Å². The minimum Gasteiger partial charge on any atom is -0.489 e. The number of nitrogens with zero attached hydrogens (tertiary/aromatic N) is 5. The van der Waals surface area contributed by atoms with Gasteiger partial charge in [0.25, 0.3) is 11.4 Å². The van der Waals surface area contributed by atoms with Gasteiger partial charge in [0.15, 0.2) is 5.69 Å². The van der Waals surface area contributed by atoms with Gasteiger partial charge in [-0.15, -0.1) is 10.2 Å². The van der Waals surface area contributed by atoms with Gasteiger partial charge in [-0.25, -0.2) is 14.2 Å². The number of likely N-dealkylation sites (tertiary alicyclic amines) is 1. The largest absolute Gasteiger partial charge is 0.489 e. The van der Waals surface area contributed by atoms with Crippen LogP contribution in [0.2, 0.25) is 0 Å². The van der Waals surface area contributed by atoms with E-state index in [4.69, 9.17) is 13.9 Å². The summed E-state index contributed by atoms with van der Waals surface area (Å²) in [6, 6.07) is 5.48. The lowest BCUT2D eigenvalue weighted by Crippen LogP contribution is -2.38. The van der Waals surface area contributed by atoms with Crippen LogP contribution in [0.4, 0.5) is 9.18 Å². The van der Waals surface area contributed by atoms with Crippen LogP contribution in [0.3, 0.4) is 0 Å². The summed E-state index contributed by atoms with van der Waals surface area (Å²) >= 11 is 0. The standard InChI is InChI=1S/C24H28FN5O5/c1-24(2,3)35-23(32)30-12-6-7-16(30)20-26-18(19(33-5)22(31)29(20)4)21-28-27-17(34-21)13-14-8-10-15(25)11-9-14/h8-11,16H,6-7,12-13H2,1-5H3/t16-/m0/s1. The van der Waals surface area contributed by atoms with E-state index in [2.05, 4.69) is 15.2 Å². The average Bonchev–Trinajstić information content (AvgIpc) is 3.46. The highest BCUT2D eigenvalue weighted by Crippen LogP contribution is 2.34. The summed E-state index contributed by atoms with van der Waals surface area (Å²) in [7, 11) is 2.94. The summed E-state index contributed by atoms with van der Waals surface area (Å²) < 4.78 is 31.2. The molecular formula is C24H28FN5O5. The lowest BCUT2D eigenvalue weighted by molar-refractivity contribution is 0.0215. The maximum Gasteiger partial charge on any atom is 0.410 e. The summed E-state index contributed by atoms with van der Waals surface area (Å²) in [5.41, 5.74) is -0.217. The van der Waals surface area contributed by atoms with E-state index in [1.807, 2.05) is 0 Å². The smallest absolute Gasteiger partial charge is 0.410 e. The Morgan fingerprint density at radius 3 is 2.60 bits per heavy atom. The Kier molecular flexibility index (Phi) is 6.60. The first-order valence-electron chi connectivity index (χ1n) is 11.3. The van der Waals surface area contributed by atoms with Gasteiger partial charge in [0.2, 0.25) is 11.6 Å². The number of hydrogen-bond acceptors (Lipinski definition) is 8. The number of benzene rings is 1. The molecule has 3 aromatic rings. The van der Waals surface area contributed by atoms with Crippen molar-refractivity contribution in [1.29, 1.82) is 0 Å². The number of rotatable bonds is 5. The zero-order valence-corrected chi connectivity index (χ0v) is 20.4. The topological polar surface area (TPSA) is 113 Å². The third-order valence-electron chi connectivity index (χ3n) is 5.60. The van der Waals surface area contributed by atoms with Gasteiger partial charge in [-0.3, -0.25) is 14.3 Å². The Balaban J connectivity index is 1.70. The molecule has 0 spiro atoms. The van der Waals surface area contributed by atoms with Crippen LogP contribution in [0.1, 0.15) is 56.9 Å². The van der Waals surface area contributed by atoms with Crippen LogP contribution in [0, 0.1) is 5.82 Å². The molecule has 1 amide bonds. The molecule has 35 heavy (non-hydrogen) atoms. The first-order chi connectivity index (χ1) is 16.6. The van der Waals surface area contributed by atoms with Crippen LogP contribution in [-0.2, 0) is 18.2 Å². The molecule has 3 heterocycles. The normalized spacial score (nSPS) is 15.9. The number of methoxy groups -OCH3 is 1. The van der Waals surface area contributed by atoms with Gasteiger partial charge in [0.1, 0.15) is 17.2 Å². The second-order valence-electron chi connectivity index (χ2n) is 9.35. The number of hydrogen-bond donors (Lipinski definition) is 0. The molecule has 1 saturated heterocycles. The van der Waals surface area contributed by atoms with Crippen LogP contribution in [0.15, 0.2) is 33.5 Å². The van der Waals surface area contributed by atoms with E-state index in [9.17, 15) is 14.0 Å². The molecule has 4 rings (SSSR count). The second-order valence-corrected chi connectivity index (χ2v) is 9.35. The van der Waals surface area contributed by atoms with Crippen molar-refractivity contribution in [1.82, 2.24) is 24.6 Å². The predicted octanol–water partition coefficient (Wildman–Crippen LogP) is 3.64. The van der Waals surface area contributed by atoms with Crippen molar-refractivity contribution in [3.05, 3.63) is 57.7 Å². The van der Waals surface area contributed by atoms with Crippen LogP contribution >= 0.6 is 0 Å². The monoisotopic (exact) mass is 485 g/mol. The minimum absolute atomic E-state index is 0.0136. The van der Waals surface area contributed by atoms with Crippen molar-refractivity contribution in [2.75, 3.05) is 13.7 Å². The van der Waals surface area contributed by atoms with Gasteiger partial charge in [-0.1, -0.05) is 12.1 Å². The van der Waals surface area contributed by atoms with Gasteiger partial charge in [0, 0.05) is 13.6 Å². The molecule has 0 bridgehead atoms. The number of carbonyl (C=O) groups excluding carboxylic acids is 1. The molecule has 10 nitrogen and oxygen atoms in total. The highest BCUT2D eigenvalue weighted by molar-refractivity contribution is 5.69. The fourth-order valence-electron chi connectivity index (χ4n) is 4.00. The summed E-state index contributed by atoms with van der Waals surface area (Å²) in [5, 5.41) is 8.11. The predicted molar refractivity (Wildman–Crippen MR) is 123 cm³/mol.